The minimum absolute atomic E-state index is 0.0498. The first-order chi connectivity index (χ1) is 13.6. The van der Waals surface area contributed by atoms with Crippen molar-refractivity contribution < 1.29 is 18.7 Å². The zero-order valence-corrected chi connectivity index (χ0v) is 16.5. The van der Waals surface area contributed by atoms with Gasteiger partial charge in [-0.1, -0.05) is 25.5 Å². The fourth-order valence-electron chi connectivity index (χ4n) is 3.75. The highest BCUT2D eigenvalue weighted by atomic mass is 16.5. The summed E-state index contributed by atoms with van der Waals surface area (Å²) in [5, 5.41) is 2.97. The quantitative estimate of drug-likeness (QED) is 0.754. The van der Waals surface area contributed by atoms with Crippen LogP contribution in [0, 0.1) is 5.92 Å². The molecule has 150 valence electrons. The van der Waals surface area contributed by atoms with Gasteiger partial charge in [-0.3, -0.25) is 9.59 Å². The predicted molar refractivity (Wildman–Crippen MR) is 106 cm³/mol. The van der Waals surface area contributed by atoms with Crippen molar-refractivity contribution in [1.82, 2.24) is 10.2 Å². The average molecular weight is 384 g/mol. The number of likely N-dealkylation sites (tertiary alicyclic amines) is 1. The van der Waals surface area contributed by atoms with Crippen LogP contribution in [-0.2, 0) is 16.1 Å². The minimum atomic E-state index is -0.294. The molecule has 1 saturated heterocycles. The molecule has 1 aliphatic heterocycles. The molecule has 1 aliphatic rings. The first kappa shape index (κ1) is 20.0. The Bertz CT molecular complexity index is 770. The van der Waals surface area contributed by atoms with Crippen LogP contribution in [0.15, 0.2) is 47.1 Å². The van der Waals surface area contributed by atoms with Crippen LogP contribution in [-0.4, -0.2) is 30.4 Å². The number of carbonyl (C=O) groups excluding carboxylic acids is 2. The van der Waals surface area contributed by atoms with Gasteiger partial charge < -0.3 is 19.4 Å². The van der Waals surface area contributed by atoms with E-state index in [9.17, 15) is 9.59 Å². The van der Waals surface area contributed by atoms with E-state index in [1.165, 1.54) is 0 Å². The van der Waals surface area contributed by atoms with Crippen molar-refractivity contribution in [1.29, 1.82) is 0 Å². The largest absolute Gasteiger partial charge is 0.497 e. The molecule has 1 aromatic heterocycles. The molecule has 3 rings (SSSR count). The van der Waals surface area contributed by atoms with Crippen molar-refractivity contribution in [2.75, 3.05) is 13.7 Å². The summed E-state index contributed by atoms with van der Waals surface area (Å²) in [6.07, 6.45) is 4.44. The number of ether oxygens (including phenoxy) is 1. The van der Waals surface area contributed by atoms with Gasteiger partial charge in [0.15, 0.2) is 0 Å². The summed E-state index contributed by atoms with van der Waals surface area (Å²) in [4.78, 5) is 27.6. The van der Waals surface area contributed by atoms with Gasteiger partial charge in [-0.15, -0.1) is 0 Å². The fourth-order valence-corrected chi connectivity index (χ4v) is 3.75. The lowest BCUT2D eigenvalue weighted by molar-refractivity contribution is -0.143. The number of hydrogen-bond acceptors (Lipinski definition) is 4. The molecule has 1 aromatic carbocycles. The summed E-state index contributed by atoms with van der Waals surface area (Å²) >= 11 is 0. The van der Waals surface area contributed by atoms with E-state index < -0.39 is 0 Å². The van der Waals surface area contributed by atoms with Crippen LogP contribution in [0.3, 0.4) is 0 Å². The number of methoxy groups -OCH3 is 1. The molecule has 2 amide bonds. The fraction of sp³-hybridized carbons (Fsp3) is 0.455. The maximum Gasteiger partial charge on any atom is 0.225 e. The van der Waals surface area contributed by atoms with Crippen LogP contribution in [0.25, 0.3) is 0 Å². The molecule has 2 aromatic rings. The number of hydrogen-bond donors (Lipinski definition) is 1. The zero-order valence-electron chi connectivity index (χ0n) is 16.5. The van der Waals surface area contributed by atoms with Crippen molar-refractivity contribution in [2.45, 2.75) is 45.2 Å². The lowest BCUT2D eigenvalue weighted by atomic mass is 9.83. The van der Waals surface area contributed by atoms with Gasteiger partial charge in [0, 0.05) is 13.0 Å². The van der Waals surface area contributed by atoms with E-state index in [2.05, 4.69) is 12.2 Å². The first-order valence-electron chi connectivity index (χ1n) is 9.87. The van der Waals surface area contributed by atoms with E-state index in [-0.39, 0.29) is 23.8 Å². The number of rotatable bonds is 8. The summed E-state index contributed by atoms with van der Waals surface area (Å²) in [5.41, 5.74) is 0.961. The van der Waals surface area contributed by atoms with Gasteiger partial charge in [-0.25, -0.2) is 0 Å². The van der Waals surface area contributed by atoms with Crippen molar-refractivity contribution in [2.24, 2.45) is 5.92 Å². The molecule has 0 radical (unpaired) electrons. The third kappa shape index (κ3) is 4.55. The summed E-state index contributed by atoms with van der Waals surface area (Å²) in [7, 11) is 1.62. The third-order valence-corrected chi connectivity index (χ3v) is 5.27. The number of carbonyl (C=O) groups is 2. The third-order valence-electron chi connectivity index (χ3n) is 5.27. The summed E-state index contributed by atoms with van der Waals surface area (Å²) < 4.78 is 10.6. The Labute approximate surface area is 165 Å². The first-order valence-corrected chi connectivity index (χ1v) is 9.87. The number of piperidine rings is 1. The topological polar surface area (TPSA) is 71.8 Å². The molecule has 1 N–H and O–H groups in total. The Morgan fingerprint density at radius 1 is 1.29 bits per heavy atom. The number of unbranched alkanes of at least 4 members (excludes halogenated alkanes) is 1. The molecule has 0 bridgehead atoms. The van der Waals surface area contributed by atoms with Crippen LogP contribution in [0.4, 0.5) is 0 Å². The summed E-state index contributed by atoms with van der Waals surface area (Å²) in [5.74, 6) is 1.24. The van der Waals surface area contributed by atoms with Crippen molar-refractivity contribution in [3.63, 3.8) is 0 Å². The highest BCUT2D eigenvalue weighted by Crippen LogP contribution is 2.37. The Hall–Kier alpha value is -2.76. The number of furan rings is 1. The van der Waals surface area contributed by atoms with Gasteiger partial charge >= 0.3 is 0 Å². The van der Waals surface area contributed by atoms with E-state index in [4.69, 9.17) is 9.15 Å². The van der Waals surface area contributed by atoms with E-state index in [1.807, 2.05) is 35.2 Å². The molecule has 2 heterocycles. The number of amides is 2. The molecule has 0 aliphatic carbocycles. The highest BCUT2D eigenvalue weighted by Gasteiger charge is 2.40. The molecule has 0 saturated carbocycles. The van der Waals surface area contributed by atoms with E-state index in [0.717, 1.165) is 24.2 Å². The monoisotopic (exact) mass is 384 g/mol. The number of benzene rings is 1. The maximum atomic E-state index is 13.0. The average Bonchev–Trinajstić information content (AvgIpc) is 3.24. The van der Waals surface area contributed by atoms with Gasteiger partial charge in [-0.2, -0.15) is 0 Å². The minimum Gasteiger partial charge on any atom is -0.497 e. The van der Waals surface area contributed by atoms with E-state index >= 15 is 0 Å². The second-order valence-electron chi connectivity index (χ2n) is 7.10. The second-order valence-corrected chi connectivity index (χ2v) is 7.10. The normalized spacial score (nSPS) is 19.5. The second kappa shape index (κ2) is 9.44. The standard InChI is InChI=1S/C22H28N2O4/c1-3-4-13-24-20(25)12-11-19(22(26)23-15-18-6-5-14-28-18)21(24)16-7-9-17(27-2)10-8-16/h5-10,14,19,21H,3-4,11-13,15H2,1-2H3,(H,23,26)/t19-,21-/m0/s1. The van der Waals surface area contributed by atoms with Crippen LogP contribution in [0.1, 0.15) is 50.0 Å². The van der Waals surface area contributed by atoms with Crippen LogP contribution >= 0.6 is 0 Å². The highest BCUT2D eigenvalue weighted by molar-refractivity contribution is 5.85. The molecule has 6 heteroatoms. The van der Waals surface area contributed by atoms with Crippen LogP contribution < -0.4 is 10.1 Å². The Morgan fingerprint density at radius 2 is 2.07 bits per heavy atom. The van der Waals surface area contributed by atoms with E-state index in [0.29, 0.717) is 31.7 Å². The zero-order chi connectivity index (χ0) is 19.9. The molecule has 1 fully saturated rings. The van der Waals surface area contributed by atoms with Gasteiger partial charge in [0.1, 0.15) is 11.5 Å². The molecule has 28 heavy (non-hydrogen) atoms. The Morgan fingerprint density at radius 3 is 2.71 bits per heavy atom. The Balaban J connectivity index is 1.83. The Kier molecular flexibility index (Phi) is 6.74. The van der Waals surface area contributed by atoms with Gasteiger partial charge in [0.05, 0.1) is 31.9 Å². The number of nitrogens with one attached hydrogen (secondary N) is 1. The van der Waals surface area contributed by atoms with E-state index in [1.54, 1.807) is 19.4 Å². The van der Waals surface area contributed by atoms with Crippen LogP contribution in [0.5, 0.6) is 5.75 Å². The van der Waals surface area contributed by atoms with Crippen LogP contribution in [0.2, 0.25) is 0 Å². The van der Waals surface area contributed by atoms with Gasteiger partial charge in [0.25, 0.3) is 0 Å². The summed E-state index contributed by atoms with van der Waals surface area (Å²) in [6, 6.07) is 11.0. The maximum absolute atomic E-state index is 13.0. The van der Waals surface area contributed by atoms with Gasteiger partial charge in [0.2, 0.25) is 11.8 Å². The van der Waals surface area contributed by atoms with Crippen molar-refractivity contribution >= 4 is 11.8 Å². The lowest BCUT2D eigenvalue weighted by Crippen LogP contribution is -2.48. The smallest absolute Gasteiger partial charge is 0.225 e. The summed E-state index contributed by atoms with van der Waals surface area (Å²) in [6.45, 7) is 3.11. The molecule has 0 unspecified atom stereocenters. The molecular weight excluding hydrogens is 356 g/mol. The molecular formula is C22H28N2O4. The van der Waals surface area contributed by atoms with Crippen molar-refractivity contribution in [3.8, 4) is 5.75 Å². The van der Waals surface area contributed by atoms with Crippen molar-refractivity contribution in [3.05, 3.63) is 54.0 Å². The SMILES string of the molecule is CCCCN1C(=O)CC[C@H](C(=O)NCc2ccco2)[C@@H]1c1ccc(OC)cc1. The molecule has 2 atom stereocenters. The predicted octanol–water partition coefficient (Wildman–Crippen LogP) is 3.68. The van der Waals surface area contributed by atoms with Gasteiger partial charge in [-0.05, 0) is 42.7 Å². The number of nitrogens with zero attached hydrogens (tertiary/aromatic N) is 1. The molecule has 0 spiro atoms. The lowest BCUT2D eigenvalue weighted by Gasteiger charge is -2.41. The molecule has 6 nitrogen and oxygen atoms in total.